The Kier molecular flexibility index (Phi) is 3.12. The molecule has 2 N–H and O–H groups in total. The van der Waals surface area contributed by atoms with Crippen LogP contribution in [0.1, 0.15) is 25.8 Å². The minimum absolute atomic E-state index is 0.0124. The predicted octanol–water partition coefficient (Wildman–Crippen LogP) is 0.423. The molecule has 1 aromatic heterocycles. The monoisotopic (exact) mass is 237 g/mol. The highest BCUT2D eigenvalue weighted by Crippen LogP contribution is 2.27. The summed E-state index contributed by atoms with van der Waals surface area (Å²) in [5, 5.41) is 15.5. The number of hydrogen-bond donors (Lipinski definition) is 2. The fraction of sp³-hybridized carbons (Fsp3) is 0.545. The van der Waals surface area contributed by atoms with Crippen LogP contribution in [0.5, 0.6) is 0 Å². The van der Waals surface area contributed by atoms with Gasteiger partial charge in [-0.1, -0.05) is 0 Å². The largest absolute Gasteiger partial charge is 0.481 e. The summed E-state index contributed by atoms with van der Waals surface area (Å²) < 4.78 is 1.57. The van der Waals surface area contributed by atoms with Gasteiger partial charge in [0.15, 0.2) is 0 Å². The average Bonchev–Trinajstić information content (AvgIpc) is 2.73. The number of aliphatic carboxylic acids is 1. The lowest BCUT2D eigenvalue weighted by Crippen LogP contribution is -2.48. The Morgan fingerprint density at radius 2 is 2.24 bits per heavy atom. The van der Waals surface area contributed by atoms with E-state index in [1.54, 1.807) is 30.1 Å². The van der Waals surface area contributed by atoms with Gasteiger partial charge in [0.25, 0.3) is 0 Å². The number of nitrogens with one attached hydrogen (secondary N) is 1. The molecule has 0 bridgehead atoms. The van der Waals surface area contributed by atoms with E-state index in [1.165, 1.54) is 0 Å². The third-order valence-corrected chi connectivity index (χ3v) is 3.13. The van der Waals surface area contributed by atoms with E-state index in [4.69, 9.17) is 5.11 Å². The lowest BCUT2D eigenvalue weighted by molar-refractivity contribution is -0.146. The smallest absolute Gasteiger partial charge is 0.306 e. The fourth-order valence-electron chi connectivity index (χ4n) is 1.89. The second-order valence-electron chi connectivity index (χ2n) is 4.37. The number of amides is 1. The molecule has 1 fully saturated rings. The summed E-state index contributed by atoms with van der Waals surface area (Å²) in [6.45, 7) is 1.76. The molecule has 1 saturated carbocycles. The van der Waals surface area contributed by atoms with E-state index < -0.39 is 5.97 Å². The molecule has 6 heteroatoms. The van der Waals surface area contributed by atoms with Crippen LogP contribution in [0.4, 0.5) is 0 Å². The lowest BCUT2D eigenvalue weighted by atomic mass is 9.80. The summed E-state index contributed by atoms with van der Waals surface area (Å²) in [4.78, 5) is 22.4. The quantitative estimate of drug-likeness (QED) is 0.795. The molecule has 1 aliphatic rings. The van der Waals surface area contributed by atoms with E-state index in [0.29, 0.717) is 12.8 Å². The number of aromatic nitrogens is 2. The van der Waals surface area contributed by atoms with Crippen molar-refractivity contribution in [2.24, 2.45) is 5.92 Å². The zero-order valence-electron chi connectivity index (χ0n) is 9.54. The molecule has 1 aliphatic carbocycles. The summed E-state index contributed by atoms with van der Waals surface area (Å²) >= 11 is 0. The number of carboxylic acid groups (broad SMARTS) is 1. The van der Waals surface area contributed by atoms with E-state index in [0.717, 1.165) is 0 Å². The summed E-state index contributed by atoms with van der Waals surface area (Å²) in [5.74, 6) is -1.21. The van der Waals surface area contributed by atoms with Crippen LogP contribution >= 0.6 is 0 Å². The van der Waals surface area contributed by atoms with Gasteiger partial charge < -0.3 is 10.4 Å². The van der Waals surface area contributed by atoms with Gasteiger partial charge >= 0.3 is 5.97 Å². The molecule has 17 heavy (non-hydrogen) atoms. The van der Waals surface area contributed by atoms with Gasteiger partial charge in [-0.25, -0.2) is 0 Å². The topological polar surface area (TPSA) is 84.2 Å². The third-order valence-electron chi connectivity index (χ3n) is 3.13. The highest BCUT2D eigenvalue weighted by Gasteiger charge is 2.35. The van der Waals surface area contributed by atoms with Crippen LogP contribution in [-0.4, -0.2) is 32.8 Å². The lowest BCUT2D eigenvalue weighted by Gasteiger charge is -2.33. The first kappa shape index (κ1) is 11.6. The average molecular weight is 237 g/mol. The van der Waals surface area contributed by atoms with E-state index in [-0.39, 0.29) is 23.9 Å². The summed E-state index contributed by atoms with van der Waals surface area (Å²) in [5.41, 5.74) is 0. The first-order valence-electron chi connectivity index (χ1n) is 5.60. The maximum atomic E-state index is 11.8. The van der Waals surface area contributed by atoms with Crippen LogP contribution in [0, 0.1) is 5.92 Å². The maximum absolute atomic E-state index is 11.8. The van der Waals surface area contributed by atoms with Crippen molar-refractivity contribution in [1.82, 2.24) is 15.1 Å². The van der Waals surface area contributed by atoms with Crippen molar-refractivity contribution in [2.75, 3.05) is 0 Å². The second kappa shape index (κ2) is 4.57. The van der Waals surface area contributed by atoms with Crippen LogP contribution in [-0.2, 0) is 9.59 Å². The Labute approximate surface area is 98.6 Å². The molecular formula is C11H15N3O3. The number of nitrogens with zero attached hydrogens (tertiary/aromatic N) is 2. The van der Waals surface area contributed by atoms with E-state index >= 15 is 0 Å². The molecule has 1 amide bonds. The Balaban J connectivity index is 1.81. The van der Waals surface area contributed by atoms with Crippen molar-refractivity contribution in [3.63, 3.8) is 0 Å². The maximum Gasteiger partial charge on any atom is 0.306 e. The van der Waals surface area contributed by atoms with Crippen LogP contribution in [0.15, 0.2) is 18.5 Å². The van der Waals surface area contributed by atoms with E-state index in [1.807, 2.05) is 0 Å². The molecule has 6 nitrogen and oxygen atoms in total. The molecule has 0 radical (unpaired) electrons. The van der Waals surface area contributed by atoms with Crippen LogP contribution < -0.4 is 5.32 Å². The first-order chi connectivity index (χ1) is 8.08. The molecule has 0 aromatic carbocycles. The van der Waals surface area contributed by atoms with Crippen LogP contribution in [0.2, 0.25) is 0 Å². The molecule has 1 atom stereocenters. The second-order valence-corrected chi connectivity index (χ2v) is 4.37. The van der Waals surface area contributed by atoms with Gasteiger partial charge in [-0.2, -0.15) is 5.10 Å². The Hall–Kier alpha value is -1.85. The van der Waals surface area contributed by atoms with Crippen LogP contribution in [0.25, 0.3) is 0 Å². The van der Waals surface area contributed by atoms with Gasteiger partial charge in [-0.05, 0) is 25.8 Å². The highest BCUT2D eigenvalue weighted by molar-refractivity contribution is 5.80. The standard InChI is InChI=1S/C11H15N3O3/c1-7(14-4-2-3-12-14)10(15)13-9-5-8(6-9)11(16)17/h2-4,7-9H,5-6H2,1H3,(H,13,15)(H,16,17). The number of carbonyl (C=O) groups is 2. The van der Waals surface area contributed by atoms with Gasteiger partial charge in [-0.15, -0.1) is 0 Å². The summed E-state index contributed by atoms with van der Waals surface area (Å²) in [6, 6.07) is 1.38. The van der Waals surface area contributed by atoms with Crippen molar-refractivity contribution >= 4 is 11.9 Å². The number of carbonyl (C=O) groups excluding carboxylic acids is 1. The summed E-state index contributed by atoms with van der Waals surface area (Å²) in [6.07, 6.45) is 4.39. The van der Waals surface area contributed by atoms with Crippen molar-refractivity contribution in [1.29, 1.82) is 0 Å². The highest BCUT2D eigenvalue weighted by atomic mass is 16.4. The number of carboxylic acids is 1. The molecule has 0 aliphatic heterocycles. The molecule has 0 spiro atoms. The molecular weight excluding hydrogens is 222 g/mol. The van der Waals surface area contributed by atoms with Gasteiger partial charge in [0.1, 0.15) is 6.04 Å². The van der Waals surface area contributed by atoms with Gasteiger partial charge in [-0.3, -0.25) is 14.3 Å². The van der Waals surface area contributed by atoms with Gasteiger partial charge in [0.2, 0.25) is 5.91 Å². The first-order valence-corrected chi connectivity index (χ1v) is 5.60. The van der Waals surface area contributed by atoms with Crippen LogP contribution in [0.3, 0.4) is 0 Å². The van der Waals surface area contributed by atoms with Gasteiger partial charge in [0, 0.05) is 18.4 Å². The molecule has 1 aromatic rings. The SMILES string of the molecule is CC(C(=O)NC1CC(C(=O)O)C1)n1cccn1. The van der Waals surface area contributed by atoms with E-state index in [2.05, 4.69) is 10.4 Å². The van der Waals surface area contributed by atoms with E-state index in [9.17, 15) is 9.59 Å². The fourth-order valence-corrected chi connectivity index (χ4v) is 1.89. The minimum atomic E-state index is -0.782. The number of rotatable bonds is 4. The third kappa shape index (κ3) is 2.46. The van der Waals surface area contributed by atoms with Crippen molar-refractivity contribution in [2.45, 2.75) is 31.8 Å². The number of hydrogen-bond acceptors (Lipinski definition) is 3. The molecule has 0 saturated heterocycles. The molecule has 2 rings (SSSR count). The van der Waals surface area contributed by atoms with Crippen molar-refractivity contribution < 1.29 is 14.7 Å². The minimum Gasteiger partial charge on any atom is -0.481 e. The summed E-state index contributed by atoms with van der Waals surface area (Å²) in [7, 11) is 0. The van der Waals surface area contributed by atoms with Crippen molar-refractivity contribution in [3.8, 4) is 0 Å². The molecule has 1 heterocycles. The normalized spacial score (nSPS) is 24.8. The molecule has 1 unspecified atom stereocenters. The van der Waals surface area contributed by atoms with Crippen molar-refractivity contribution in [3.05, 3.63) is 18.5 Å². The zero-order chi connectivity index (χ0) is 12.4. The Bertz CT molecular complexity index is 410. The zero-order valence-corrected chi connectivity index (χ0v) is 9.54. The van der Waals surface area contributed by atoms with Gasteiger partial charge in [0.05, 0.1) is 5.92 Å². The molecule has 92 valence electrons. The predicted molar refractivity (Wildman–Crippen MR) is 59.2 cm³/mol. The Morgan fingerprint density at radius 3 is 2.76 bits per heavy atom. The Morgan fingerprint density at radius 1 is 1.53 bits per heavy atom.